The summed E-state index contributed by atoms with van der Waals surface area (Å²) in [5.74, 6) is 0.904. The first-order chi connectivity index (χ1) is 14.8. The van der Waals surface area contributed by atoms with Crippen LogP contribution in [0.4, 0.5) is 0 Å². The summed E-state index contributed by atoms with van der Waals surface area (Å²) in [4.78, 5) is 34.0. The van der Waals surface area contributed by atoms with Crippen molar-refractivity contribution >= 4 is 11.7 Å². The zero-order valence-corrected chi connectivity index (χ0v) is 17.5. The van der Waals surface area contributed by atoms with Crippen molar-refractivity contribution in [3.8, 4) is 17.3 Å². The van der Waals surface area contributed by atoms with Crippen LogP contribution in [0, 0.1) is 0 Å². The van der Waals surface area contributed by atoms with E-state index in [1.54, 1.807) is 33.4 Å². The summed E-state index contributed by atoms with van der Waals surface area (Å²) in [7, 11) is 1.63. The number of aromatic nitrogens is 4. The number of rotatable bonds is 7. The van der Waals surface area contributed by atoms with E-state index in [0.29, 0.717) is 30.3 Å². The summed E-state index contributed by atoms with van der Waals surface area (Å²) in [5, 5.41) is 0. The Hall–Kier alpha value is -3.88. The summed E-state index contributed by atoms with van der Waals surface area (Å²) in [6.45, 7) is 3.76. The molecule has 3 heterocycles. The Kier molecular flexibility index (Phi) is 5.10. The minimum atomic E-state index is -1.16. The van der Waals surface area contributed by atoms with Crippen molar-refractivity contribution in [2.24, 2.45) is 5.73 Å². The third-order valence-corrected chi connectivity index (χ3v) is 5.43. The normalized spacial score (nSPS) is 11.7. The van der Waals surface area contributed by atoms with Gasteiger partial charge in [-0.15, -0.1) is 0 Å². The van der Waals surface area contributed by atoms with Crippen LogP contribution < -0.4 is 16.0 Å². The number of methoxy groups -OCH3 is 1. The van der Waals surface area contributed by atoms with Crippen molar-refractivity contribution in [3.05, 3.63) is 70.6 Å². The standard InChI is InChI=1S/C22H23N5O4/c1-22(2,20(23)29)15-12-26(10-8-14-6-4-5-7-17(14)30-3)21-25-16(13-27(21)19(15)28)18-24-9-11-31-18/h4-7,9,11-13H,8,10H2,1-3H3,(H2,23,29). The number of primary amides is 1. The molecule has 0 aliphatic carbocycles. The molecule has 3 aromatic heterocycles. The van der Waals surface area contributed by atoms with Crippen molar-refractivity contribution in [1.29, 1.82) is 0 Å². The maximum absolute atomic E-state index is 13.2. The number of amides is 1. The summed E-state index contributed by atoms with van der Waals surface area (Å²) in [6, 6.07) is 7.73. The number of hydrogen-bond donors (Lipinski definition) is 1. The van der Waals surface area contributed by atoms with E-state index < -0.39 is 11.3 Å². The molecule has 4 aromatic rings. The fourth-order valence-corrected chi connectivity index (χ4v) is 3.45. The van der Waals surface area contributed by atoms with Gasteiger partial charge in [0.15, 0.2) is 0 Å². The molecular weight excluding hydrogens is 398 g/mol. The molecule has 0 aliphatic heterocycles. The average molecular weight is 421 g/mol. The van der Waals surface area contributed by atoms with Crippen molar-refractivity contribution in [1.82, 2.24) is 18.9 Å². The lowest BCUT2D eigenvalue weighted by Crippen LogP contribution is -2.41. The van der Waals surface area contributed by atoms with Gasteiger partial charge in [-0.1, -0.05) is 18.2 Å². The number of aryl methyl sites for hydroxylation is 2. The second-order valence-electron chi connectivity index (χ2n) is 7.73. The molecular formula is C22H23N5O4. The topological polar surface area (TPSA) is 118 Å². The lowest BCUT2D eigenvalue weighted by atomic mass is 9.85. The lowest BCUT2D eigenvalue weighted by molar-refractivity contribution is -0.122. The van der Waals surface area contributed by atoms with Gasteiger partial charge in [-0.05, 0) is 31.9 Å². The van der Waals surface area contributed by atoms with Crippen molar-refractivity contribution in [2.75, 3.05) is 7.11 Å². The van der Waals surface area contributed by atoms with Gasteiger partial charge in [0.1, 0.15) is 17.7 Å². The highest BCUT2D eigenvalue weighted by molar-refractivity contribution is 5.85. The van der Waals surface area contributed by atoms with E-state index in [0.717, 1.165) is 11.3 Å². The van der Waals surface area contributed by atoms with Crippen molar-refractivity contribution in [3.63, 3.8) is 0 Å². The van der Waals surface area contributed by atoms with Crippen LogP contribution in [0.5, 0.6) is 5.75 Å². The number of benzene rings is 1. The molecule has 0 saturated carbocycles. The largest absolute Gasteiger partial charge is 0.496 e. The van der Waals surface area contributed by atoms with Crippen molar-refractivity contribution in [2.45, 2.75) is 32.2 Å². The predicted octanol–water partition coefficient (Wildman–Crippen LogP) is 2.17. The van der Waals surface area contributed by atoms with Crippen LogP contribution >= 0.6 is 0 Å². The van der Waals surface area contributed by atoms with Gasteiger partial charge in [-0.2, -0.15) is 0 Å². The van der Waals surface area contributed by atoms with Crippen LogP contribution in [0.15, 0.2) is 58.3 Å². The van der Waals surface area contributed by atoms with Gasteiger partial charge in [0, 0.05) is 24.5 Å². The maximum atomic E-state index is 13.2. The Morgan fingerprint density at radius 1 is 1.26 bits per heavy atom. The Bertz CT molecular complexity index is 1300. The molecule has 0 atom stereocenters. The molecule has 1 aromatic carbocycles. The number of nitrogens with zero attached hydrogens (tertiary/aromatic N) is 4. The second-order valence-corrected chi connectivity index (χ2v) is 7.73. The highest BCUT2D eigenvalue weighted by atomic mass is 16.5. The lowest BCUT2D eigenvalue weighted by Gasteiger charge is -2.22. The Morgan fingerprint density at radius 2 is 2.03 bits per heavy atom. The van der Waals surface area contributed by atoms with Gasteiger partial charge in [-0.3, -0.25) is 14.0 Å². The van der Waals surface area contributed by atoms with Crippen molar-refractivity contribution < 1.29 is 13.9 Å². The highest BCUT2D eigenvalue weighted by Gasteiger charge is 2.32. The molecule has 31 heavy (non-hydrogen) atoms. The smallest absolute Gasteiger partial charge is 0.263 e. The van der Waals surface area contributed by atoms with Gasteiger partial charge >= 0.3 is 0 Å². The molecule has 9 nitrogen and oxygen atoms in total. The predicted molar refractivity (Wildman–Crippen MR) is 114 cm³/mol. The number of carbonyl (C=O) groups is 1. The fourth-order valence-electron chi connectivity index (χ4n) is 3.45. The molecule has 160 valence electrons. The van der Waals surface area contributed by atoms with Gasteiger partial charge in [0.25, 0.3) is 5.56 Å². The summed E-state index contributed by atoms with van der Waals surface area (Å²) in [5.41, 5.74) is 5.78. The number of imidazole rings is 1. The Morgan fingerprint density at radius 3 is 2.71 bits per heavy atom. The van der Waals surface area contributed by atoms with Crippen LogP contribution in [0.25, 0.3) is 17.4 Å². The fraction of sp³-hybridized carbons (Fsp3) is 0.273. The minimum Gasteiger partial charge on any atom is -0.496 e. The Labute approximate surface area is 178 Å². The monoisotopic (exact) mass is 421 g/mol. The molecule has 0 spiro atoms. The van der Waals surface area contributed by atoms with E-state index in [4.69, 9.17) is 14.9 Å². The molecule has 1 amide bonds. The molecule has 0 aliphatic rings. The SMILES string of the molecule is COc1ccccc1CCn1cc(C(C)(C)C(N)=O)c(=O)n2cc(-c3ncco3)nc12. The highest BCUT2D eigenvalue weighted by Crippen LogP contribution is 2.23. The first kappa shape index (κ1) is 20.4. The van der Waals surface area contributed by atoms with E-state index >= 15 is 0 Å². The van der Waals surface area contributed by atoms with Crippen LogP contribution in [-0.2, 0) is 23.2 Å². The quantitative estimate of drug-likeness (QED) is 0.489. The number of ether oxygens (including phenoxy) is 1. The van der Waals surface area contributed by atoms with Crippen LogP contribution in [0.3, 0.4) is 0 Å². The molecule has 2 N–H and O–H groups in total. The maximum Gasteiger partial charge on any atom is 0.263 e. The van der Waals surface area contributed by atoms with E-state index in [1.807, 2.05) is 28.8 Å². The first-order valence-electron chi connectivity index (χ1n) is 9.77. The van der Waals surface area contributed by atoms with E-state index in [9.17, 15) is 9.59 Å². The molecule has 0 fully saturated rings. The molecule has 0 bridgehead atoms. The summed E-state index contributed by atoms with van der Waals surface area (Å²) >= 11 is 0. The molecule has 0 radical (unpaired) electrons. The van der Waals surface area contributed by atoms with Gasteiger partial charge in [-0.25, -0.2) is 9.97 Å². The first-order valence-corrected chi connectivity index (χ1v) is 9.77. The molecule has 4 rings (SSSR count). The van der Waals surface area contributed by atoms with Crippen LogP contribution in [0.1, 0.15) is 25.0 Å². The van der Waals surface area contributed by atoms with Gasteiger partial charge in [0.05, 0.1) is 18.7 Å². The number of para-hydroxylation sites is 1. The number of carbonyl (C=O) groups excluding carboxylic acids is 1. The zero-order valence-electron chi connectivity index (χ0n) is 17.5. The third kappa shape index (κ3) is 3.58. The van der Waals surface area contributed by atoms with E-state index in [-0.39, 0.29) is 11.1 Å². The number of nitrogens with two attached hydrogens (primary N) is 1. The van der Waals surface area contributed by atoms with E-state index in [1.165, 1.54) is 16.9 Å². The van der Waals surface area contributed by atoms with E-state index in [2.05, 4.69) is 9.97 Å². The molecule has 0 saturated heterocycles. The van der Waals surface area contributed by atoms with Crippen LogP contribution in [0.2, 0.25) is 0 Å². The second kappa shape index (κ2) is 7.75. The number of oxazole rings is 1. The minimum absolute atomic E-state index is 0.281. The molecule has 9 heteroatoms. The number of fused-ring (bicyclic) bond motifs is 1. The Balaban J connectivity index is 1.86. The summed E-state index contributed by atoms with van der Waals surface area (Å²) in [6.07, 6.45) is 6.79. The van der Waals surface area contributed by atoms with Gasteiger partial charge < -0.3 is 19.5 Å². The van der Waals surface area contributed by atoms with Crippen LogP contribution in [-0.4, -0.2) is 32.0 Å². The zero-order chi connectivity index (χ0) is 22.2. The molecule has 0 unspecified atom stereocenters. The third-order valence-electron chi connectivity index (χ3n) is 5.43. The van der Waals surface area contributed by atoms with Gasteiger partial charge in [0.2, 0.25) is 17.6 Å². The summed E-state index contributed by atoms with van der Waals surface area (Å²) < 4.78 is 14.0. The number of hydrogen-bond acceptors (Lipinski definition) is 6. The average Bonchev–Trinajstić information content (AvgIpc) is 3.43.